The summed E-state index contributed by atoms with van der Waals surface area (Å²) in [6.45, 7) is 3.37. The van der Waals surface area contributed by atoms with E-state index in [1.54, 1.807) is 24.3 Å². The number of hydrogen-bond acceptors (Lipinski definition) is 4. The molecular weight excluding hydrogens is 255 g/mol. The zero-order valence-corrected chi connectivity index (χ0v) is 12.0. The maximum absolute atomic E-state index is 8.99. The van der Waals surface area contributed by atoms with Crippen LogP contribution in [0.1, 0.15) is 32.6 Å². The summed E-state index contributed by atoms with van der Waals surface area (Å²) in [6.07, 6.45) is 5.38. The van der Waals surface area contributed by atoms with Crippen LogP contribution in [0.2, 0.25) is 0 Å². The predicted molar refractivity (Wildman–Crippen MR) is 79.1 cm³/mol. The van der Waals surface area contributed by atoms with Gasteiger partial charge >= 0.3 is 7.12 Å². The van der Waals surface area contributed by atoms with Crippen LogP contribution >= 0.6 is 0 Å². The van der Waals surface area contributed by atoms with Crippen LogP contribution in [0.15, 0.2) is 24.3 Å². The molecule has 2 rings (SSSR count). The molecule has 1 aromatic carbocycles. The van der Waals surface area contributed by atoms with Crippen molar-refractivity contribution in [3.63, 3.8) is 0 Å². The Morgan fingerprint density at radius 2 is 1.80 bits per heavy atom. The summed E-state index contributed by atoms with van der Waals surface area (Å²) in [6, 6.07) is 6.75. The van der Waals surface area contributed by atoms with E-state index in [4.69, 9.17) is 19.5 Å². The third-order valence-electron chi connectivity index (χ3n) is 3.90. The van der Waals surface area contributed by atoms with Crippen LogP contribution in [0, 0.1) is 5.92 Å². The summed E-state index contributed by atoms with van der Waals surface area (Å²) in [5.74, 6) is 1.36. The summed E-state index contributed by atoms with van der Waals surface area (Å²) in [7, 11) is -1.43. The number of hydrogen-bond donors (Lipinski definition) is 2. The molecule has 2 unspecified atom stereocenters. The second-order valence-electron chi connectivity index (χ2n) is 5.46. The maximum atomic E-state index is 8.99. The predicted octanol–water partition coefficient (Wildman–Crippen LogP) is 1.34. The molecule has 1 aliphatic rings. The van der Waals surface area contributed by atoms with Gasteiger partial charge in [0.05, 0.1) is 12.7 Å². The number of benzene rings is 1. The molecule has 5 heteroatoms. The lowest BCUT2D eigenvalue weighted by molar-refractivity contribution is -0.0165. The molecule has 0 aliphatic heterocycles. The Balaban J connectivity index is 1.67. The molecule has 2 atom stereocenters. The second-order valence-corrected chi connectivity index (χ2v) is 5.46. The minimum Gasteiger partial charge on any atom is -0.491 e. The van der Waals surface area contributed by atoms with Crippen molar-refractivity contribution in [2.45, 2.75) is 38.7 Å². The van der Waals surface area contributed by atoms with Gasteiger partial charge in [0.1, 0.15) is 12.4 Å². The van der Waals surface area contributed by atoms with E-state index in [1.165, 1.54) is 19.3 Å². The van der Waals surface area contributed by atoms with Gasteiger partial charge in [0, 0.05) is 0 Å². The molecule has 0 saturated heterocycles. The van der Waals surface area contributed by atoms with Gasteiger partial charge in [-0.05, 0) is 36.4 Å². The first-order valence-corrected chi connectivity index (χ1v) is 7.37. The molecule has 0 amide bonds. The quantitative estimate of drug-likeness (QED) is 0.609. The minimum absolute atomic E-state index is 0.374. The van der Waals surface area contributed by atoms with E-state index in [2.05, 4.69) is 6.92 Å². The van der Waals surface area contributed by atoms with E-state index in [1.807, 2.05) is 0 Å². The molecule has 20 heavy (non-hydrogen) atoms. The fourth-order valence-corrected chi connectivity index (χ4v) is 2.63. The van der Waals surface area contributed by atoms with Crippen molar-refractivity contribution in [2.24, 2.45) is 5.92 Å². The molecule has 2 N–H and O–H groups in total. The second kappa shape index (κ2) is 7.67. The molecule has 1 aliphatic carbocycles. The van der Waals surface area contributed by atoms with Gasteiger partial charge in [0.15, 0.2) is 0 Å². The van der Waals surface area contributed by atoms with Crippen LogP contribution in [0.3, 0.4) is 0 Å². The molecule has 1 saturated carbocycles. The summed E-state index contributed by atoms with van der Waals surface area (Å²) >= 11 is 0. The molecule has 1 fully saturated rings. The largest absolute Gasteiger partial charge is 0.491 e. The van der Waals surface area contributed by atoms with Crippen molar-refractivity contribution in [1.29, 1.82) is 0 Å². The van der Waals surface area contributed by atoms with E-state index < -0.39 is 7.12 Å². The lowest BCUT2D eigenvalue weighted by atomic mass is 9.80. The van der Waals surface area contributed by atoms with Crippen LogP contribution in [0.25, 0.3) is 0 Å². The standard InChI is InChI=1S/C15H23BO4/c1-12-4-2-3-5-15(12)20-11-10-19-14-8-6-13(7-9-14)16(17)18/h6-9,12,15,17-18H,2-5,10-11H2,1H3. The van der Waals surface area contributed by atoms with Crippen LogP contribution in [0.5, 0.6) is 5.75 Å². The first-order chi connectivity index (χ1) is 9.66. The van der Waals surface area contributed by atoms with Crippen molar-refractivity contribution in [2.75, 3.05) is 13.2 Å². The lowest BCUT2D eigenvalue weighted by Crippen LogP contribution is -2.29. The summed E-state index contributed by atoms with van der Waals surface area (Å²) in [5.41, 5.74) is 0.463. The highest BCUT2D eigenvalue weighted by Gasteiger charge is 2.21. The third kappa shape index (κ3) is 4.51. The first-order valence-electron chi connectivity index (χ1n) is 7.37. The fourth-order valence-electron chi connectivity index (χ4n) is 2.63. The zero-order chi connectivity index (χ0) is 14.4. The summed E-state index contributed by atoms with van der Waals surface area (Å²) < 4.78 is 11.5. The van der Waals surface area contributed by atoms with Gasteiger partial charge in [-0.2, -0.15) is 0 Å². The monoisotopic (exact) mass is 278 g/mol. The summed E-state index contributed by atoms with van der Waals surface area (Å²) in [4.78, 5) is 0. The van der Waals surface area contributed by atoms with Gasteiger partial charge in [0.2, 0.25) is 0 Å². The topological polar surface area (TPSA) is 58.9 Å². The van der Waals surface area contributed by atoms with E-state index in [-0.39, 0.29) is 0 Å². The van der Waals surface area contributed by atoms with Crippen molar-refractivity contribution >= 4 is 12.6 Å². The summed E-state index contributed by atoms with van der Waals surface area (Å²) in [5, 5.41) is 18.0. The van der Waals surface area contributed by atoms with Crippen LogP contribution < -0.4 is 10.2 Å². The average Bonchev–Trinajstić information content (AvgIpc) is 2.46. The zero-order valence-electron chi connectivity index (χ0n) is 12.0. The first kappa shape index (κ1) is 15.4. The van der Waals surface area contributed by atoms with E-state index in [9.17, 15) is 0 Å². The highest BCUT2D eigenvalue weighted by atomic mass is 16.5. The Morgan fingerprint density at radius 3 is 2.45 bits per heavy atom. The van der Waals surface area contributed by atoms with Crippen LogP contribution in [-0.2, 0) is 4.74 Å². The van der Waals surface area contributed by atoms with Gasteiger partial charge in [-0.15, -0.1) is 0 Å². The average molecular weight is 278 g/mol. The van der Waals surface area contributed by atoms with Crippen LogP contribution in [0.4, 0.5) is 0 Å². The lowest BCUT2D eigenvalue weighted by Gasteiger charge is -2.28. The SMILES string of the molecule is CC1CCCCC1OCCOc1ccc(B(O)O)cc1. The van der Waals surface area contributed by atoms with Gasteiger partial charge < -0.3 is 19.5 Å². The highest BCUT2D eigenvalue weighted by molar-refractivity contribution is 6.58. The number of ether oxygens (including phenoxy) is 2. The molecular formula is C15H23BO4. The Labute approximate surface area is 120 Å². The Hall–Kier alpha value is -1.04. The molecule has 0 bridgehead atoms. The Kier molecular flexibility index (Phi) is 5.89. The van der Waals surface area contributed by atoms with Crippen molar-refractivity contribution in [3.05, 3.63) is 24.3 Å². The van der Waals surface area contributed by atoms with Crippen molar-refractivity contribution in [1.82, 2.24) is 0 Å². The van der Waals surface area contributed by atoms with E-state index in [0.717, 1.165) is 12.2 Å². The molecule has 0 spiro atoms. The smallest absolute Gasteiger partial charge is 0.488 e. The molecule has 0 aromatic heterocycles. The third-order valence-corrected chi connectivity index (χ3v) is 3.90. The Bertz CT molecular complexity index is 393. The van der Waals surface area contributed by atoms with Gasteiger partial charge in [-0.25, -0.2) is 0 Å². The van der Waals surface area contributed by atoms with Crippen LogP contribution in [-0.4, -0.2) is 36.5 Å². The van der Waals surface area contributed by atoms with Gasteiger partial charge in [-0.3, -0.25) is 0 Å². The normalized spacial score (nSPS) is 22.6. The van der Waals surface area contributed by atoms with Crippen molar-refractivity contribution < 1.29 is 19.5 Å². The molecule has 0 heterocycles. The van der Waals surface area contributed by atoms with E-state index >= 15 is 0 Å². The fraction of sp³-hybridized carbons (Fsp3) is 0.600. The van der Waals surface area contributed by atoms with Crippen molar-refractivity contribution in [3.8, 4) is 5.75 Å². The molecule has 110 valence electrons. The maximum Gasteiger partial charge on any atom is 0.488 e. The highest BCUT2D eigenvalue weighted by Crippen LogP contribution is 2.26. The van der Waals surface area contributed by atoms with E-state index in [0.29, 0.717) is 30.7 Å². The molecule has 0 radical (unpaired) electrons. The minimum atomic E-state index is -1.43. The molecule has 4 nitrogen and oxygen atoms in total. The molecule has 1 aromatic rings. The Morgan fingerprint density at radius 1 is 1.10 bits per heavy atom. The van der Waals surface area contributed by atoms with Gasteiger partial charge in [0.25, 0.3) is 0 Å². The number of rotatable bonds is 6. The van der Waals surface area contributed by atoms with Gasteiger partial charge in [-0.1, -0.05) is 31.9 Å².